The van der Waals surface area contributed by atoms with Crippen LogP contribution in [-0.2, 0) is 21.2 Å². The van der Waals surface area contributed by atoms with Crippen LogP contribution in [0.25, 0.3) is 0 Å². The number of aryl methyl sites for hydroxylation is 1. The number of nitrogens with one attached hydrogen (secondary N) is 1. The normalized spacial score (nSPS) is 28.1. The Bertz CT molecular complexity index is 760. The van der Waals surface area contributed by atoms with Crippen LogP contribution >= 0.6 is 0 Å². The Kier molecular flexibility index (Phi) is 5.72. The second-order valence-electron chi connectivity index (χ2n) is 8.29. The maximum atomic E-state index is 12.6. The van der Waals surface area contributed by atoms with Gasteiger partial charge in [0.25, 0.3) is 0 Å². The number of benzene rings is 1. The molecule has 0 saturated carbocycles. The summed E-state index contributed by atoms with van der Waals surface area (Å²) in [6.45, 7) is 8.79. The number of fused-ring (bicyclic) bond motifs is 1. The monoisotopic (exact) mass is 378 g/mol. The summed E-state index contributed by atoms with van der Waals surface area (Å²) in [4.78, 5) is 14.8. The molecule has 144 valence electrons. The fourth-order valence-corrected chi connectivity index (χ4v) is 6.39. The Hall–Kier alpha value is -1.40. The lowest BCUT2D eigenvalue weighted by Gasteiger charge is -2.32. The van der Waals surface area contributed by atoms with Crippen molar-refractivity contribution in [3.05, 3.63) is 35.4 Å². The minimum atomic E-state index is -3.11. The summed E-state index contributed by atoms with van der Waals surface area (Å²) in [5, 5.41) is 2.60. The van der Waals surface area contributed by atoms with Gasteiger partial charge in [-0.25, -0.2) is 8.42 Å². The average Bonchev–Trinajstić information content (AvgIpc) is 2.97. The molecule has 2 aliphatic heterocycles. The summed E-state index contributed by atoms with van der Waals surface area (Å²) in [7, 11) is -3.11. The molecule has 3 atom stereocenters. The fraction of sp³-hybridized carbons (Fsp3) is 0.650. The minimum absolute atomic E-state index is 0.0287. The van der Waals surface area contributed by atoms with E-state index in [1.165, 1.54) is 11.1 Å². The first-order chi connectivity index (χ1) is 12.3. The van der Waals surface area contributed by atoms with Crippen molar-refractivity contribution in [2.45, 2.75) is 39.0 Å². The van der Waals surface area contributed by atoms with E-state index in [0.717, 1.165) is 6.54 Å². The molecule has 5 nitrogen and oxygen atoms in total. The number of carbonyl (C=O) groups excluding carboxylic acids is 1. The van der Waals surface area contributed by atoms with Crippen LogP contribution in [0, 0.1) is 24.7 Å². The van der Waals surface area contributed by atoms with Crippen LogP contribution in [0.2, 0.25) is 0 Å². The molecule has 1 aromatic carbocycles. The largest absolute Gasteiger partial charge is 0.356 e. The van der Waals surface area contributed by atoms with Crippen molar-refractivity contribution in [1.82, 2.24) is 10.2 Å². The molecule has 1 aromatic rings. The summed E-state index contributed by atoms with van der Waals surface area (Å²) >= 11 is 0. The van der Waals surface area contributed by atoms with Crippen molar-refractivity contribution in [1.29, 1.82) is 0 Å². The predicted octanol–water partition coefficient (Wildman–Crippen LogP) is 2.00. The molecule has 2 heterocycles. The lowest BCUT2D eigenvalue weighted by Crippen LogP contribution is -2.47. The molecule has 1 amide bonds. The molecule has 3 rings (SSSR count). The molecule has 2 aliphatic rings. The standard InChI is InChI=1S/C20H30N2O3S/c1-14(2)10-21-20(23)17-7-8-26(24,25)19-13-22(12-18(17)19)11-16-6-4-5-15(3)9-16/h4-6,9,14,17-19H,7-8,10-13H2,1-3H3,(H,21,23)/t17-,18+,19+/m0/s1. The van der Waals surface area contributed by atoms with Gasteiger partial charge in [-0.15, -0.1) is 0 Å². The summed E-state index contributed by atoms with van der Waals surface area (Å²) in [6.07, 6.45) is 0.450. The van der Waals surface area contributed by atoms with Crippen LogP contribution in [-0.4, -0.2) is 49.9 Å². The first-order valence-corrected chi connectivity index (χ1v) is 11.2. The van der Waals surface area contributed by atoms with Gasteiger partial charge in [0.15, 0.2) is 9.84 Å². The summed E-state index contributed by atoms with van der Waals surface area (Å²) in [6, 6.07) is 8.32. The molecule has 0 spiro atoms. The van der Waals surface area contributed by atoms with Crippen molar-refractivity contribution in [2.24, 2.45) is 17.8 Å². The third kappa shape index (κ3) is 4.29. The molecule has 2 fully saturated rings. The Labute approximate surface area is 157 Å². The smallest absolute Gasteiger partial charge is 0.223 e. The quantitative estimate of drug-likeness (QED) is 0.851. The van der Waals surface area contributed by atoms with Gasteiger partial charge in [0.1, 0.15) is 0 Å². The van der Waals surface area contributed by atoms with E-state index in [1.807, 2.05) is 6.07 Å². The maximum absolute atomic E-state index is 12.6. The topological polar surface area (TPSA) is 66.5 Å². The third-order valence-corrected chi connectivity index (χ3v) is 7.81. The first-order valence-electron chi connectivity index (χ1n) is 9.53. The number of hydrogen-bond acceptors (Lipinski definition) is 4. The Morgan fingerprint density at radius 2 is 2.08 bits per heavy atom. The van der Waals surface area contributed by atoms with Gasteiger partial charge in [0.05, 0.1) is 11.0 Å². The van der Waals surface area contributed by atoms with E-state index >= 15 is 0 Å². The number of nitrogens with zero attached hydrogens (tertiary/aromatic N) is 1. The first kappa shape index (κ1) is 19.4. The van der Waals surface area contributed by atoms with Crippen molar-refractivity contribution in [3.63, 3.8) is 0 Å². The van der Waals surface area contributed by atoms with E-state index < -0.39 is 15.1 Å². The number of sulfone groups is 1. The minimum Gasteiger partial charge on any atom is -0.356 e. The van der Waals surface area contributed by atoms with Gasteiger partial charge in [0, 0.05) is 38.0 Å². The number of amides is 1. The van der Waals surface area contributed by atoms with E-state index in [9.17, 15) is 13.2 Å². The summed E-state index contributed by atoms with van der Waals surface area (Å²) in [5.41, 5.74) is 2.40. The molecule has 6 heteroatoms. The Morgan fingerprint density at radius 1 is 1.31 bits per heavy atom. The highest BCUT2D eigenvalue weighted by Gasteiger charge is 2.50. The highest BCUT2D eigenvalue weighted by molar-refractivity contribution is 7.92. The van der Waals surface area contributed by atoms with Crippen molar-refractivity contribution in [3.8, 4) is 0 Å². The zero-order valence-electron chi connectivity index (χ0n) is 15.9. The lowest BCUT2D eigenvalue weighted by atomic mass is 9.87. The summed E-state index contributed by atoms with van der Waals surface area (Å²) in [5.74, 6) is 0.270. The van der Waals surface area contributed by atoms with Gasteiger partial charge in [-0.05, 0) is 24.8 Å². The van der Waals surface area contributed by atoms with Gasteiger partial charge in [-0.3, -0.25) is 9.69 Å². The predicted molar refractivity (Wildman–Crippen MR) is 103 cm³/mol. The number of hydrogen-bond donors (Lipinski definition) is 1. The van der Waals surface area contributed by atoms with Crippen LogP contribution in [0.1, 0.15) is 31.4 Å². The van der Waals surface area contributed by atoms with Crippen molar-refractivity contribution >= 4 is 15.7 Å². The molecule has 0 unspecified atom stereocenters. The van der Waals surface area contributed by atoms with Gasteiger partial charge in [-0.2, -0.15) is 0 Å². The SMILES string of the molecule is Cc1cccc(CN2C[C@@H]3[C@@H](C(=O)NCC(C)C)CCS(=O)(=O)[C@@H]3C2)c1. The van der Waals surface area contributed by atoms with E-state index in [1.54, 1.807) is 0 Å². The van der Waals surface area contributed by atoms with Gasteiger partial charge in [0.2, 0.25) is 5.91 Å². The van der Waals surface area contributed by atoms with E-state index in [2.05, 4.69) is 49.2 Å². The van der Waals surface area contributed by atoms with Crippen LogP contribution in [0.15, 0.2) is 24.3 Å². The van der Waals surface area contributed by atoms with E-state index in [-0.39, 0.29) is 23.5 Å². The number of rotatable bonds is 5. The molecular weight excluding hydrogens is 348 g/mol. The highest BCUT2D eigenvalue weighted by atomic mass is 32.2. The zero-order valence-corrected chi connectivity index (χ0v) is 16.8. The second kappa shape index (κ2) is 7.69. The third-order valence-electron chi connectivity index (χ3n) is 5.59. The molecule has 0 bridgehead atoms. The van der Waals surface area contributed by atoms with Gasteiger partial charge < -0.3 is 5.32 Å². The van der Waals surface area contributed by atoms with Gasteiger partial charge >= 0.3 is 0 Å². The van der Waals surface area contributed by atoms with E-state index in [4.69, 9.17) is 0 Å². The second-order valence-corrected chi connectivity index (χ2v) is 10.6. The fourth-order valence-electron chi connectivity index (χ4n) is 4.26. The van der Waals surface area contributed by atoms with Crippen LogP contribution in [0.4, 0.5) is 0 Å². The molecule has 2 saturated heterocycles. The number of carbonyl (C=O) groups is 1. The molecule has 26 heavy (non-hydrogen) atoms. The molecule has 1 N–H and O–H groups in total. The van der Waals surface area contributed by atoms with Crippen LogP contribution < -0.4 is 5.32 Å². The van der Waals surface area contributed by atoms with Crippen molar-refractivity contribution < 1.29 is 13.2 Å². The van der Waals surface area contributed by atoms with Gasteiger partial charge in [-0.1, -0.05) is 43.7 Å². The molecular formula is C20H30N2O3S. The molecule has 0 radical (unpaired) electrons. The van der Waals surface area contributed by atoms with Crippen LogP contribution in [0.3, 0.4) is 0 Å². The molecule has 0 aromatic heterocycles. The Balaban J connectivity index is 1.73. The summed E-state index contributed by atoms with van der Waals surface area (Å²) < 4.78 is 25.2. The maximum Gasteiger partial charge on any atom is 0.223 e. The number of likely N-dealkylation sites (tertiary alicyclic amines) is 1. The lowest BCUT2D eigenvalue weighted by molar-refractivity contribution is -0.126. The zero-order chi connectivity index (χ0) is 18.9. The highest BCUT2D eigenvalue weighted by Crippen LogP contribution is 2.37. The van der Waals surface area contributed by atoms with Crippen molar-refractivity contribution in [2.75, 3.05) is 25.4 Å². The molecule has 0 aliphatic carbocycles. The average molecular weight is 379 g/mol. The Morgan fingerprint density at radius 3 is 2.77 bits per heavy atom. The van der Waals surface area contributed by atoms with E-state index in [0.29, 0.717) is 32.0 Å². The van der Waals surface area contributed by atoms with Crippen LogP contribution in [0.5, 0.6) is 0 Å².